The van der Waals surface area contributed by atoms with Gasteiger partial charge in [-0.25, -0.2) is 4.98 Å². The minimum absolute atomic E-state index is 0.00488. The molecule has 0 radical (unpaired) electrons. The Morgan fingerprint density at radius 2 is 1.78 bits per heavy atom. The number of carbonyl (C=O) groups excluding carboxylic acids is 2. The molecule has 0 spiro atoms. The van der Waals surface area contributed by atoms with E-state index >= 15 is 0 Å². The van der Waals surface area contributed by atoms with E-state index in [0.29, 0.717) is 17.6 Å². The van der Waals surface area contributed by atoms with Gasteiger partial charge in [-0.1, -0.05) is 6.07 Å². The Bertz CT molecular complexity index is 1080. The Morgan fingerprint density at radius 3 is 2.42 bits per heavy atom. The Balaban J connectivity index is 1.16. The summed E-state index contributed by atoms with van der Waals surface area (Å²) >= 11 is 0. The first-order chi connectivity index (χ1) is 17.4. The third-order valence-electron chi connectivity index (χ3n) is 8.61. The first-order valence-electron chi connectivity index (χ1n) is 13.2. The zero-order valence-electron chi connectivity index (χ0n) is 21.5. The molecule has 4 heterocycles. The minimum Gasteiger partial charge on any atom is -0.384 e. The summed E-state index contributed by atoms with van der Waals surface area (Å²) in [6.45, 7) is 4.24. The van der Waals surface area contributed by atoms with Gasteiger partial charge in [0.05, 0.1) is 5.92 Å². The molecule has 192 valence electrons. The fourth-order valence-corrected chi connectivity index (χ4v) is 6.54. The Morgan fingerprint density at radius 1 is 1.03 bits per heavy atom. The van der Waals surface area contributed by atoms with Crippen LogP contribution in [-0.4, -0.2) is 76.8 Å². The van der Waals surface area contributed by atoms with Crippen molar-refractivity contribution in [1.29, 1.82) is 0 Å². The number of amides is 2. The summed E-state index contributed by atoms with van der Waals surface area (Å²) < 4.78 is 0. The first kappa shape index (κ1) is 24.7. The molecule has 36 heavy (non-hydrogen) atoms. The molecule has 8 nitrogen and oxygen atoms in total. The standard InChI is InChI=1S/C28H38N6O2/c1-32(2)27(36)23-18-28(23,24-5-3-4-11-30-24)22-9-15-34(16-10-22)26(35)21-7-13-33(14-8-21)19-20-6-12-31-25(29)17-20/h3-6,11-12,17,21-23H,7-10,13-16,18-19H2,1-2H3,(H2,29,31)/t23-,28+/m0/s1. The Labute approximate surface area is 213 Å². The van der Waals surface area contributed by atoms with E-state index in [1.165, 1.54) is 5.56 Å². The van der Waals surface area contributed by atoms with Gasteiger partial charge in [-0.05, 0) is 80.9 Å². The Kier molecular flexibility index (Phi) is 6.97. The van der Waals surface area contributed by atoms with Gasteiger partial charge < -0.3 is 15.5 Å². The lowest BCUT2D eigenvalue weighted by atomic mass is 9.77. The molecule has 3 fully saturated rings. The molecule has 0 unspecified atom stereocenters. The summed E-state index contributed by atoms with van der Waals surface area (Å²) in [7, 11) is 3.67. The number of aromatic nitrogens is 2. The third-order valence-corrected chi connectivity index (χ3v) is 8.61. The van der Waals surface area contributed by atoms with Crippen molar-refractivity contribution in [3.05, 3.63) is 54.0 Å². The normalized spacial score (nSPS) is 25.5. The van der Waals surface area contributed by atoms with Crippen LogP contribution in [0.4, 0.5) is 5.82 Å². The number of hydrogen-bond donors (Lipinski definition) is 1. The fraction of sp³-hybridized carbons (Fsp3) is 0.571. The van der Waals surface area contributed by atoms with Crippen molar-refractivity contribution in [1.82, 2.24) is 24.7 Å². The fourth-order valence-electron chi connectivity index (χ4n) is 6.54. The van der Waals surface area contributed by atoms with Crippen LogP contribution in [0.2, 0.25) is 0 Å². The summed E-state index contributed by atoms with van der Waals surface area (Å²) in [6.07, 6.45) is 8.11. The van der Waals surface area contributed by atoms with E-state index in [9.17, 15) is 9.59 Å². The highest BCUT2D eigenvalue weighted by Crippen LogP contribution is 2.61. The Hall–Kier alpha value is -3.00. The maximum Gasteiger partial charge on any atom is 0.226 e. The van der Waals surface area contributed by atoms with Gasteiger partial charge in [0.2, 0.25) is 11.8 Å². The number of nitrogens with zero attached hydrogens (tertiary/aromatic N) is 5. The van der Waals surface area contributed by atoms with Crippen molar-refractivity contribution in [3.8, 4) is 0 Å². The van der Waals surface area contributed by atoms with Crippen LogP contribution in [-0.2, 0) is 21.5 Å². The molecular formula is C28H38N6O2. The number of pyridine rings is 2. The van der Waals surface area contributed by atoms with Crippen molar-refractivity contribution in [2.75, 3.05) is 46.0 Å². The highest BCUT2D eigenvalue weighted by Gasteiger charge is 2.64. The summed E-state index contributed by atoms with van der Waals surface area (Å²) in [5.74, 6) is 1.53. The lowest BCUT2D eigenvalue weighted by molar-refractivity contribution is -0.139. The van der Waals surface area contributed by atoms with Gasteiger partial charge in [0.15, 0.2) is 0 Å². The van der Waals surface area contributed by atoms with Crippen molar-refractivity contribution in [2.45, 2.75) is 44.1 Å². The number of carbonyl (C=O) groups is 2. The van der Waals surface area contributed by atoms with Crippen LogP contribution in [0.5, 0.6) is 0 Å². The van der Waals surface area contributed by atoms with E-state index in [4.69, 9.17) is 5.73 Å². The van der Waals surface area contributed by atoms with E-state index in [1.807, 2.05) is 44.6 Å². The second-order valence-corrected chi connectivity index (χ2v) is 11.0. The maximum absolute atomic E-state index is 13.4. The van der Waals surface area contributed by atoms with Crippen molar-refractivity contribution >= 4 is 17.6 Å². The molecule has 3 aliphatic rings. The molecule has 2 amide bonds. The van der Waals surface area contributed by atoms with Crippen LogP contribution in [0.3, 0.4) is 0 Å². The van der Waals surface area contributed by atoms with Gasteiger partial charge >= 0.3 is 0 Å². The van der Waals surface area contributed by atoms with Gasteiger partial charge in [0.1, 0.15) is 5.82 Å². The number of anilines is 1. The molecule has 5 rings (SSSR count). The molecule has 2 N–H and O–H groups in total. The summed E-state index contributed by atoms with van der Waals surface area (Å²) in [5.41, 5.74) is 7.84. The quantitative estimate of drug-likeness (QED) is 0.669. The molecule has 1 saturated carbocycles. The predicted molar refractivity (Wildman–Crippen MR) is 139 cm³/mol. The summed E-state index contributed by atoms with van der Waals surface area (Å²) in [5, 5.41) is 0. The smallest absolute Gasteiger partial charge is 0.226 e. The highest BCUT2D eigenvalue weighted by atomic mass is 16.2. The zero-order chi connectivity index (χ0) is 25.3. The van der Waals surface area contributed by atoms with Crippen LogP contribution >= 0.6 is 0 Å². The molecule has 2 atom stereocenters. The molecule has 8 heteroatoms. The van der Waals surface area contributed by atoms with E-state index in [1.54, 1.807) is 11.1 Å². The number of likely N-dealkylation sites (tertiary alicyclic amines) is 2. The largest absolute Gasteiger partial charge is 0.384 e. The van der Waals surface area contributed by atoms with E-state index < -0.39 is 0 Å². The molecule has 1 aliphatic carbocycles. The molecule has 2 aliphatic heterocycles. The van der Waals surface area contributed by atoms with Crippen LogP contribution in [0.25, 0.3) is 0 Å². The van der Waals surface area contributed by atoms with E-state index in [2.05, 4.69) is 25.8 Å². The highest BCUT2D eigenvalue weighted by molar-refractivity contribution is 5.84. The number of piperidine rings is 2. The van der Waals surface area contributed by atoms with Crippen molar-refractivity contribution in [2.24, 2.45) is 17.8 Å². The van der Waals surface area contributed by atoms with Gasteiger partial charge in [0.25, 0.3) is 0 Å². The van der Waals surface area contributed by atoms with Crippen LogP contribution in [0.15, 0.2) is 42.7 Å². The molecule has 2 saturated heterocycles. The second kappa shape index (κ2) is 10.2. The predicted octanol–water partition coefficient (Wildman–Crippen LogP) is 2.56. The first-order valence-corrected chi connectivity index (χ1v) is 13.2. The van der Waals surface area contributed by atoms with Crippen LogP contribution in [0, 0.1) is 17.8 Å². The lowest BCUT2D eigenvalue weighted by Gasteiger charge is -2.39. The maximum atomic E-state index is 13.4. The zero-order valence-corrected chi connectivity index (χ0v) is 21.5. The number of hydrogen-bond acceptors (Lipinski definition) is 6. The van der Waals surface area contributed by atoms with Gasteiger partial charge in [0, 0.05) is 63.2 Å². The monoisotopic (exact) mass is 490 g/mol. The molecular weight excluding hydrogens is 452 g/mol. The number of rotatable bonds is 6. The topological polar surface area (TPSA) is 95.7 Å². The lowest BCUT2D eigenvalue weighted by Crippen LogP contribution is -2.47. The van der Waals surface area contributed by atoms with Gasteiger partial charge in [-0.15, -0.1) is 0 Å². The molecule has 0 aromatic carbocycles. The van der Waals surface area contributed by atoms with Gasteiger partial charge in [-0.2, -0.15) is 0 Å². The van der Waals surface area contributed by atoms with E-state index in [0.717, 1.165) is 70.5 Å². The van der Waals surface area contributed by atoms with E-state index in [-0.39, 0.29) is 23.2 Å². The number of nitrogen functional groups attached to an aromatic ring is 1. The van der Waals surface area contributed by atoms with Crippen LogP contribution in [0.1, 0.15) is 43.4 Å². The SMILES string of the molecule is CN(C)C(=O)[C@@H]1C[C@@]1(c1ccccn1)C1CCN(C(=O)C2CCN(Cc3ccnc(N)c3)CC2)CC1. The number of nitrogens with two attached hydrogens (primary N) is 1. The second-order valence-electron chi connectivity index (χ2n) is 11.0. The van der Waals surface area contributed by atoms with Crippen molar-refractivity contribution < 1.29 is 9.59 Å². The summed E-state index contributed by atoms with van der Waals surface area (Å²) in [6, 6.07) is 9.96. The van der Waals surface area contributed by atoms with Gasteiger partial charge in [-0.3, -0.25) is 19.5 Å². The molecule has 2 aromatic heterocycles. The average molecular weight is 491 g/mol. The third kappa shape index (κ3) is 4.83. The van der Waals surface area contributed by atoms with Crippen LogP contribution < -0.4 is 5.73 Å². The minimum atomic E-state index is -0.181. The molecule has 2 aromatic rings. The summed E-state index contributed by atoms with van der Waals surface area (Å²) in [4.78, 5) is 41.2. The average Bonchev–Trinajstić information content (AvgIpc) is 3.66. The molecule has 0 bridgehead atoms. The van der Waals surface area contributed by atoms with Crippen molar-refractivity contribution in [3.63, 3.8) is 0 Å².